The van der Waals surface area contributed by atoms with E-state index in [0.29, 0.717) is 4.90 Å². The Balaban J connectivity index is 2.88. The first-order chi connectivity index (χ1) is 5.87. The number of hydrogen-bond acceptors (Lipinski definition) is 2. The molecule has 1 saturated heterocycles. The minimum absolute atomic E-state index is 0.0429. The van der Waals surface area contributed by atoms with Gasteiger partial charge in [-0.3, -0.25) is 9.69 Å². The van der Waals surface area contributed by atoms with Crippen molar-refractivity contribution in [1.29, 1.82) is 0 Å². The normalized spacial score (nSPS) is 27.5. The molecule has 1 unspecified atom stereocenters. The van der Waals surface area contributed by atoms with Crippen LogP contribution in [0.25, 0.3) is 0 Å². The van der Waals surface area contributed by atoms with Gasteiger partial charge in [-0.1, -0.05) is 0 Å². The summed E-state index contributed by atoms with van der Waals surface area (Å²) >= 11 is 0. The quantitative estimate of drug-likeness (QED) is 0.583. The molecule has 0 aromatic carbocycles. The molecule has 0 spiro atoms. The van der Waals surface area contributed by atoms with Crippen LogP contribution in [0.2, 0.25) is 0 Å². The first-order valence-corrected chi connectivity index (χ1v) is 4.04. The van der Waals surface area contributed by atoms with Gasteiger partial charge in [-0.2, -0.15) is 0 Å². The van der Waals surface area contributed by atoms with Crippen LogP contribution in [-0.2, 0) is 4.79 Å². The molecule has 1 aliphatic rings. The predicted molar refractivity (Wildman–Crippen MR) is 43.0 cm³/mol. The topological polar surface area (TPSA) is 57.6 Å². The molecule has 74 valence electrons. The van der Waals surface area contributed by atoms with Crippen molar-refractivity contribution >= 4 is 11.9 Å². The van der Waals surface area contributed by atoms with Gasteiger partial charge in [-0.25, -0.2) is 9.18 Å². The Kier molecular flexibility index (Phi) is 2.28. The van der Waals surface area contributed by atoms with E-state index in [0.717, 1.165) is 0 Å². The fourth-order valence-corrected chi connectivity index (χ4v) is 1.37. The summed E-state index contributed by atoms with van der Waals surface area (Å²) in [7, 11) is 0. The molecule has 0 bridgehead atoms. The van der Waals surface area contributed by atoms with E-state index in [-0.39, 0.29) is 18.7 Å². The third-order valence-corrected chi connectivity index (χ3v) is 2.41. The van der Waals surface area contributed by atoms with Crippen molar-refractivity contribution in [2.24, 2.45) is 5.41 Å². The van der Waals surface area contributed by atoms with Gasteiger partial charge in [-0.05, 0) is 13.8 Å². The molecule has 1 N–H and O–H groups in total. The van der Waals surface area contributed by atoms with Gasteiger partial charge >= 0.3 is 6.09 Å². The summed E-state index contributed by atoms with van der Waals surface area (Å²) in [4.78, 5) is 22.4. The SMILES string of the molecule is CC1(C)C(=O)CCN(C(=O)O)C1F. The van der Waals surface area contributed by atoms with Gasteiger partial charge in [0.2, 0.25) is 0 Å². The number of piperidine rings is 1. The number of hydrogen-bond donors (Lipinski definition) is 1. The zero-order valence-electron chi connectivity index (χ0n) is 7.58. The van der Waals surface area contributed by atoms with E-state index in [4.69, 9.17) is 5.11 Å². The predicted octanol–water partition coefficient (Wildman–Crippen LogP) is 1.26. The molecular formula is C8H12FNO3. The lowest BCUT2D eigenvalue weighted by molar-refractivity contribution is -0.141. The van der Waals surface area contributed by atoms with E-state index in [1.165, 1.54) is 13.8 Å². The van der Waals surface area contributed by atoms with Gasteiger partial charge in [0.25, 0.3) is 0 Å². The number of carboxylic acid groups (broad SMARTS) is 1. The van der Waals surface area contributed by atoms with Crippen LogP contribution >= 0.6 is 0 Å². The molecule has 4 nitrogen and oxygen atoms in total. The molecule has 0 aromatic rings. The minimum atomic E-state index is -1.73. The van der Waals surface area contributed by atoms with Gasteiger partial charge in [0.05, 0.1) is 5.41 Å². The summed E-state index contributed by atoms with van der Waals surface area (Å²) in [5, 5.41) is 8.60. The van der Waals surface area contributed by atoms with Crippen LogP contribution in [0.3, 0.4) is 0 Å². The molecule has 0 saturated carbocycles. The van der Waals surface area contributed by atoms with Crippen molar-refractivity contribution in [1.82, 2.24) is 4.90 Å². The van der Waals surface area contributed by atoms with Crippen molar-refractivity contribution in [2.75, 3.05) is 6.54 Å². The number of amides is 1. The van der Waals surface area contributed by atoms with Gasteiger partial charge in [0, 0.05) is 13.0 Å². The molecule has 1 rings (SSSR count). The number of halogens is 1. The van der Waals surface area contributed by atoms with Crippen LogP contribution in [0.1, 0.15) is 20.3 Å². The van der Waals surface area contributed by atoms with Gasteiger partial charge in [-0.15, -0.1) is 0 Å². The van der Waals surface area contributed by atoms with Crippen molar-refractivity contribution in [2.45, 2.75) is 26.6 Å². The second-order valence-electron chi connectivity index (χ2n) is 3.71. The van der Waals surface area contributed by atoms with Crippen molar-refractivity contribution in [3.05, 3.63) is 0 Å². The highest BCUT2D eigenvalue weighted by atomic mass is 19.1. The van der Waals surface area contributed by atoms with Gasteiger partial charge in [0.1, 0.15) is 5.78 Å². The Morgan fingerprint density at radius 1 is 1.69 bits per heavy atom. The number of ketones is 1. The Labute approximate surface area is 75.3 Å². The first-order valence-electron chi connectivity index (χ1n) is 4.04. The first kappa shape index (κ1) is 9.95. The largest absolute Gasteiger partial charge is 0.465 e. The Hall–Kier alpha value is -1.13. The van der Waals surface area contributed by atoms with Crippen molar-refractivity contribution in [3.63, 3.8) is 0 Å². The average Bonchev–Trinajstić information content (AvgIpc) is 2.01. The second kappa shape index (κ2) is 2.97. The van der Waals surface area contributed by atoms with Gasteiger partial charge < -0.3 is 5.11 Å². The smallest absolute Gasteiger partial charge is 0.409 e. The maximum Gasteiger partial charge on any atom is 0.409 e. The molecule has 0 aliphatic carbocycles. The molecule has 1 heterocycles. The fourth-order valence-electron chi connectivity index (χ4n) is 1.37. The molecule has 1 atom stereocenters. The highest BCUT2D eigenvalue weighted by molar-refractivity contribution is 5.87. The van der Waals surface area contributed by atoms with Crippen molar-refractivity contribution < 1.29 is 19.1 Å². The zero-order valence-corrected chi connectivity index (χ0v) is 7.58. The Bertz CT molecular complexity index is 252. The van der Waals surface area contributed by atoms with E-state index in [1.54, 1.807) is 0 Å². The van der Waals surface area contributed by atoms with Crippen LogP contribution in [-0.4, -0.2) is 34.7 Å². The number of likely N-dealkylation sites (tertiary alicyclic amines) is 1. The molecule has 5 heteroatoms. The fraction of sp³-hybridized carbons (Fsp3) is 0.750. The van der Waals surface area contributed by atoms with Crippen LogP contribution < -0.4 is 0 Å². The third kappa shape index (κ3) is 1.50. The number of Topliss-reactive ketones (excluding diaryl/α,β-unsaturated/α-hetero) is 1. The summed E-state index contributed by atoms with van der Waals surface area (Å²) < 4.78 is 13.5. The summed E-state index contributed by atoms with van der Waals surface area (Å²) in [6.07, 6.45) is -2.95. The Morgan fingerprint density at radius 2 is 2.23 bits per heavy atom. The van der Waals surface area contributed by atoms with Crippen LogP contribution in [0.15, 0.2) is 0 Å². The molecule has 1 fully saturated rings. The molecule has 0 radical (unpaired) electrons. The van der Waals surface area contributed by atoms with E-state index in [2.05, 4.69) is 0 Å². The number of rotatable bonds is 0. The van der Waals surface area contributed by atoms with Gasteiger partial charge in [0.15, 0.2) is 6.30 Å². The summed E-state index contributed by atoms with van der Waals surface area (Å²) in [6.45, 7) is 2.81. The summed E-state index contributed by atoms with van der Waals surface area (Å²) in [6, 6.07) is 0. The number of carbonyl (C=O) groups is 2. The maximum absolute atomic E-state index is 13.5. The molecule has 1 amide bonds. The van der Waals surface area contributed by atoms with Crippen LogP contribution in [0, 0.1) is 5.41 Å². The zero-order chi connectivity index (χ0) is 10.2. The molecule has 0 aromatic heterocycles. The van der Waals surface area contributed by atoms with Crippen LogP contribution in [0.5, 0.6) is 0 Å². The van der Waals surface area contributed by atoms with E-state index in [9.17, 15) is 14.0 Å². The average molecular weight is 189 g/mol. The van der Waals surface area contributed by atoms with E-state index in [1.807, 2.05) is 0 Å². The third-order valence-electron chi connectivity index (χ3n) is 2.41. The number of carbonyl (C=O) groups excluding carboxylic acids is 1. The van der Waals surface area contributed by atoms with E-state index >= 15 is 0 Å². The standard InChI is InChI=1S/C8H12FNO3/c1-8(2)5(11)3-4-10(6(8)9)7(12)13/h6H,3-4H2,1-2H3,(H,12,13). The van der Waals surface area contributed by atoms with Crippen LogP contribution in [0.4, 0.5) is 9.18 Å². The highest BCUT2D eigenvalue weighted by Gasteiger charge is 2.46. The lowest BCUT2D eigenvalue weighted by Gasteiger charge is -2.38. The monoisotopic (exact) mass is 189 g/mol. The molecular weight excluding hydrogens is 177 g/mol. The van der Waals surface area contributed by atoms with E-state index < -0.39 is 17.8 Å². The second-order valence-corrected chi connectivity index (χ2v) is 3.71. The number of alkyl halides is 1. The van der Waals surface area contributed by atoms with Crippen molar-refractivity contribution in [3.8, 4) is 0 Å². The lowest BCUT2D eigenvalue weighted by atomic mass is 9.81. The number of nitrogens with zero attached hydrogens (tertiary/aromatic N) is 1. The Morgan fingerprint density at radius 3 is 2.69 bits per heavy atom. The minimum Gasteiger partial charge on any atom is -0.465 e. The summed E-state index contributed by atoms with van der Waals surface area (Å²) in [5.41, 5.74) is -1.21. The molecule has 1 aliphatic heterocycles. The maximum atomic E-state index is 13.5. The lowest BCUT2D eigenvalue weighted by Crippen LogP contribution is -2.54. The molecule has 13 heavy (non-hydrogen) atoms. The highest BCUT2D eigenvalue weighted by Crippen LogP contribution is 2.32. The summed E-state index contributed by atoms with van der Waals surface area (Å²) in [5.74, 6) is -0.225.